The van der Waals surface area contributed by atoms with Gasteiger partial charge in [0.1, 0.15) is 0 Å². The number of nitrogens with zero attached hydrogens (tertiary/aromatic N) is 2. The molecule has 1 spiro atoms. The zero-order valence-corrected chi connectivity index (χ0v) is 20.9. The second-order valence-corrected chi connectivity index (χ2v) is 11.8. The van der Waals surface area contributed by atoms with Gasteiger partial charge in [-0.15, -0.1) is 0 Å². The van der Waals surface area contributed by atoms with Crippen LogP contribution in [0.4, 0.5) is 0 Å². The van der Waals surface area contributed by atoms with Crippen LogP contribution in [0.5, 0.6) is 0 Å². The predicted octanol–water partition coefficient (Wildman–Crippen LogP) is 4.87. The van der Waals surface area contributed by atoms with Crippen LogP contribution in [-0.4, -0.2) is 54.4 Å². The summed E-state index contributed by atoms with van der Waals surface area (Å²) in [7, 11) is 0. The number of benzene rings is 1. The third-order valence-corrected chi connectivity index (χ3v) is 9.89. The molecule has 5 nitrogen and oxygen atoms in total. The Morgan fingerprint density at radius 2 is 1.97 bits per heavy atom. The fraction of sp³-hybridized carbons (Fsp3) is 0.633. The number of pyridine rings is 1. The van der Waals surface area contributed by atoms with Crippen LogP contribution in [0.15, 0.2) is 42.6 Å². The fourth-order valence-electron chi connectivity index (χ4n) is 8.06. The number of hydrogen-bond acceptors (Lipinski definition) is 5. The standard InChI is InChI=1S/C30H39N3O2/c1-4-14-32-27(8-1)29(13-17-35-30(21-29)10-2-3-11-30)12-15-31-25-18-26-28-22(6-5-7-24(25)28)9-16-33(26)23-19-34-20-23/h1,4-8,14,23,25-26,31H,2-3,9-13,15-21H2/t25?,26?,29-/m1/s1. The molecule has 1 N–H and O–H groups in total. The van der Waals surface area contributed by atoms with Gasteiger partial charge in [0.15, 0.2) is 0 Å². The molecule has 3 aliphatic heterocycles. The van der Waals surface area contributed by atoms with Gasteiger partial charge in [0.2, 0.25) is 0 Å². The van der Waals surface area contributed by atoms with Crippen molar-refractivity contribution >= 4 is 0 Å². The van der Waals surface area contributed by atoms with Crippen LogP contribution < -0.4 is 5.32 Å². The van der Waals surface area contributed by atoms with Crippen molar-refractivity contribution in [3.05, 3.63) is 65.0 Å². The normalized spacial score (nSPS) is 32.0. The molecule has 5 aliphatic rings. The van der Waals surface area contributed by atoms with Gasteiger partial charge in [-0.1, -0.05) is 37.1 Å². The highest BCUT2D eigenvalue weighted by molar-refractivity contribution is 5.45. The van der Waals surface area contributed by atoms with E-state index in [0.29, 0.717) is 18.1 Å². The Morgan fingerprint density at radius 1 is 1.06 bits per heavy atom. The molecule has 35 heavy (non-hydrogen) atoms. The van der Waals surface area contributed by atoms with Crippen LogP contribution in [0.25, 0.3) is 0 Å². The molecule has 1 aromatic heterocycles. The number of nitrogens with one attached hydrogen (secondary N) is 1. The van der Waals surface area contributed by atoms with Gasteiger partial charge in [-0.25, -0.2) is 0 Å². The number of hydrogen-bond donors (Lipinski definition) is 1. The average Bonchev–Trinajstić information content (AvgIpc) is 3.46. The zero-order valence-electron chi connectivity index (χ0n) is 20.9. The van der Waals surface area contributed by atoms with Gasteiger partial charge in [-0.05, 0) is 80.3 Å². The third-order valence-electron chi connectivity index (χ3n) is 9.89. The molecule has 2 saturated heterocycles. The highest BCUT2D eigenvalue weighted by Gasteiger charge is 2.49. The molecular weight excluding hydrogens is 434 g/mol. The minimum absolute atomic E-state index is 0.0832. The first kappa shape index (κ1) is 22.4. The molecule has 2 aromatic rings. The van der Waals surface area contributed by atoms with E-state index in [-0.39, 0.29) is 11.0 Å². The van der Waals surface area contributed by atoms with E-state index in [1.54, 1.807) is 16.7 Å². The topological polar surface area (TPSA) is 46.6 Å². The maximum atomic E-state index is 6.46. The lowest BCUT2D eigenvalue weighted by atomic mass is 9.68. The van der Waals surface area contributed by atoms with Crippen LogP contribution in [0.2, 0.25) is 0 Å². The van der Waals surface area contributed by atoms with Crippen molar-refractivity contribution in [3.63, 3.8) is 0 Å². The van der Waals surface area contributed by atoms with Gasteiger partial charge >= 0.3 is 0 Å². The van der Waals surface area contributed by atoms with E-state index in [1.165, 1.54) is 50.8 Å². The van der Waals surface area contributed by atoms with Gasteiger partial charge in [-0.2, -0.15) is 0 Å². The molecule has 1 saturated carbocycles. The first-order valence-corrected chi connectivity index (χ1v) is 14.0. The van der Waals surface area contributed by atoms with Crippen molar-refractivity contribution in [2.24, 2.45) is 0 Å². The number of ether oxygens (including phenoxy) is 2. The lowest BCUT2D eigenvalue weighted by molar-refractivity contribution is -0.104. The van der Waals surface area contributed by atoms with Gasteiger partial charge in [0.05, 0.1) is 24.9 Å². The molecule has 0 radical (unpaired) electrons. The van der Waals surface area contributed by atoms with E-state index < -0.39 is 0 Å². The Morgan fingerprint density at radius 3 is 2.77 bits per heavy atom. The maximum absolute atomic E-state index is 6.46. The average molecular weight is 474 g/mol. The molecule has 0 bridgehead atoms. The zero-order chi connectivity index (χ0) is 23.3. The lowest BCUT2D eigenvalue weighted by Gasteiger charge is -2.46. The Labute approximate surface area is 209 Å². The van der Waals surface area contributed by atoms with Crippen LogP contribution in [0, 0.1) is 0 Å². The Balaban J connectivity index is 1.10. The van der Waals surface area contributed by atoms with Crippen molar-refractivity contribution in [1.82, 2.24) is 15.2 Å². The summed E-state index contributed by atoms with van der Waals surface area (Å²) in [5.41, 5.74) is 6.22. The van der Waals surface area contributed by atoms with Crippen molar-refractivity contribution in [3.8, 4) is 0 Å². The van der Waals surface area contributed by atoms with Crippen molar-refractivity contribution in [2.45, 2.75) is 86.9 Å². The summed E-state index contributed by atoms with van der Waals surface area (Å²) in [4.78, 5) is 7.65. The van der Waals surface area contributed by atoms with Gasteiger partial charge < -0.3 is 14.8 Å². The Bertz CT molecular complexity index is 1050. The van der Waals surface area contributed by atoms with Crippen LogP contribution in [-0.2, 0) is 21.3 Å². The van der Waals surface area contributed by atoms with Gasteiger partial charge in [0, 0.05) is 42.5 Å². The molecular formula is C30H39N3O2. The van der Waals surface area contributed by atoms with E-state index >= 15 is 0 Å². The van der Waals surface area contributed by atoms with Crippen LogP contribution >= 0.6 is 0 Å². The summed E-state index contributed by atoms with van der Waals surface area (Å²) >= 11 is 0. The van der Waals surface area contributed by atoms with Gasteiger partial charge in [-0.3, -0.25) is 9.88 Å². The molecule has 0 amide bonds. The smallest absolute Gasteiger partial charge is 0.0691 e. The largest absolute Gasteiger partial charge is 0.378 e. The molecule has 3 fully saturated rings. The molecule has 2 unspecified atom stereocenters. The van der Waals surface area contributed by atoms with Crippen molar-refractivity contribution in [2.75, 3.05) is 32.9 Å². The highest BCUT2D eigenvalue weighted by Crippen LogP contribution is 2.51. The SMILES string of the molecule is c1ccc([C@]2(CCNC3CC4c5c(cccc53)CCN4C3COC3)CCOC3(CCCC3)C2)nc1. The Hall–Kier alpha value is -1.79. The fourth-order valence-corrected chi connectivity index (χ4v) is 8.06. The van der Waals surface area contributed by atoms with E-state index in [9.17, 15) is 0 Å². The lowest BCUT2D eigenvalue weighted by Crippen LogP contribution is -2.52. The van der Waals surface area contributed by atoms with Crippen molar-refractivity contribution in [1.29, 1.82) is 0 Å². The predicted molar refractivity (Wildman–Crippen MR) is 136 cm³/mol. The minimum atomic E-state index is 0.0832. The monoisotopic (exact) mass is 473 g/mol. The van der Waals surface area contributed by atoms with Crippen LogP contribution in [0.1, 0.15) is 85.8 Å². The van der Waals surface area contributed by atoms with E-state index in [0.717, 1.165) is 45.6 Å². The highest BCUT2D eigenvalue weighted by atomic mass is 16.5. The molecule has 3 atom stereocenters. The minimum Gasteiger partial charge on any atom is -0.378 e. The molecule has 186 valence electrons. The maximum Gasteiger partial charge on any atom is 0.0691 e. The van der Waals surface area contributed by atoms with Crippen molar-refractivity contribution < 1.29 is 9.47 Å². The second kappa shape index (κ2) is 8.95. The molecule has 7 rings (SSSR count). The number of aromatic nitrogens is 1. The summed E-state index contributed by atoms with van der Waals surface area (Å²) in [6.07, 6.45) is 12.7. The van der Waals surface area contributed by atoms with E-state index in [2.05, 4.69) is 40.5 Å². The van der Waals surface area contributed by atoms with Gasteiger partial charge in [0.25, 0.3) is 0 Å². The summed E-state index contributed by atoms with van der Waals surface area (Å²) in [6, 6.07) is 15.1. The van der Waals surface area contributed by atoms with E-state index in [4.69, 9.17) is 14.5 Å². The molecule has 1 aromatic carbocycles. The third kappa shape index (κ3) is 3.87. The quantitative estimate of drug-likeness (QED) is 0.649. The number of rotatable bonds is 6. The molecule has 2 aliphatic carbocycles. The second-order valence-electron chi connectivity index (χ2n) is 11.8. The first-order valence-electron chi connectivity index (χ1n) is 14.0. The summed E-state index contributed by atoms with van der Waals surface area (Å²) < 4.78 is 12.0. The molecule has 4 heterocycles. The summed E-state index contributed by atoms with van der Waals surface area (Å²) in [5, 5.41) is 4.05. The summed E-state index contributed by atoms with van der Waals surface area (Å²) in [5.74, 6) is 0. The Kier molecular flexibility index (Phi) is 5.73. The van der Waals surface area contributed by atoms with Crippen LogP contribution in [0.3, 0.4) is 0 Å². The first-order chi connectivity index (χ1) is 17.3. The van der Waals surface area contributed by atoms with E-state index in [1.807, 2.05) is 12.3 Å². The molecule has 5 heteroatoms. The summed E-state index contributed by atoms with van der Waals surface area (Å²) in [6.45, 7) is 4.88.